The first kappa shape index (κ1) is 22.4. The summed E-state index contributed by atoms with van der Waals surface area (Å²) in [7, 11) is -3.43. The van der Waals surface area contributed by atoms with Crippen molar-refractivity contribution in [3.05, 3.63) is 64.3 Å². The monoisotopic (exact) mass is 485 g/mol. The van der Waals surface area contributed by atoms with E-state index in [1.807, 2.05) is 35.2 Å². The summed E-state index contributed by atoms with van der Waals surface area (Å²) in [5, 5.41) is 1.78. The molecule has 174 valence electrons. The molecular weight excluding hydrogens is 458 g/mol. The Hall–Kier alpha value is -2.35. The highest BCUT2D eigenvalue weighted by molar-refractivity contribution is 7.89. The molecule has 2 aliphatic rings. The number of benzene rings is 2. The minimum absolute atomic E-state index is 0.113. The van der Waals surface area contributed by atoms with Crippen LogP contribution in [0.2, 0.25) is 5.02 Å². The molecule has 0 unspecified atom stereocenters. The van der Waals surface area contributed by atoms with Crippen molar-refractivity contribution in [2.45, 2.75) is 50.0 Å². The minimum atomic E-state index is -3.43. The number of nitrogens with zero attached hydrogens (tertiary/aromatic N) is 2. The van der Waals surface area contributed by atoms with Crippen molar-refractivity contribution in [2.75, 3.05) is 19.6 Å². The lowest BCUT2D eigenvalue weighted by molar-refractivity contribution is -0.132. The molecule has 0 spiro atoms. The summed E-state index contributed by atoms with van der Waals surface area (Å²) in [6.45, 7) is 2.47. The zero-order valence-corrected chi connectivity index (χ0v) is 20.1. The minimum Gasteiger partial charge on any atom is -0.358 e. The third-order valence-corrected chi connectivity index (χ3v) is 8.94. The third-order valence-electron chi connectivity index (χ3n) is 6.79. The number of aromatic amines is 1. The number of hydrogen-bond acceptors (Lipinski definition) is 3. The lowest BCUT2D eigenvalue weighted by atomic mass is 10.0. The Balaban J connectivity index is 1.22. The van der Waals surface area contributed by atoms with E-state index in [9.17, 15) is 13.2 Å². The van der Waals surface area contributed by atoms with Gasteiger partial charge in [-0.15, -0.1) is 0 Å². The topological polar surface area (TPSA) is 73.5 Å². The highest BCUT2D eigenvalue weighted by Crippen LogP contribution is 2.30. The quantitative estimate of drug-likeness (QED) is 0.577. The maximum absolute atomic E-state index is 12.9. The Kier molecular flexibility index (Phi) is 6.20. The van der Waals surface area contributed by atoms with Gasteiger partial charge >= 0.3 is 0 Å². The van der Waals surface area contributed by atoms with Gasteiger partial charge in [-0.2, -0.15) is 4.31 Å². The molecule has 1 fully saturated rings. The highest BCUT2D eigenvalue weighted by atomic mass is 35.5. The van der Waals surface area contributed by atoms with Gasteiger partial charge in [0.15, 0.2) is 0 Å². The van der Waals surface area contributed by atoms with E-state index in [2.05, 4.69) is 4.98 Å². The molecule has 3 aromatic rings. The van der Waals surface area contributed by atoms with Gasteiger partial charge < -0.3 is 9.88 Å². The zero-order chi connectivity index (χ0) is 23.0. The normalized spacial score (nSPS) is 17.3. The zero-order valence-electron chi connectivity index (χ0n) is 18.5. The number of hydrogen-bond donors (Lipinski definition) is 1. The predicted molar refractivity (Wildman–Crippen MR) is 130 cm³/mol. The summed E-state index contributed by atoms with van der Waals surface area (Å²) in [6.07, 6.45) is 4.72. The Morgan fingerprint density at radius 1 is 1.00 bits per heavy atom. The van der Waals surface area contributed by atoms with Gasteiger partial charge in [-0.05, 0) is 55.2 Å². The van der Waals surface area contributed by atoms with E-state index in [-0.39, 0.29) is 5.91 Å². The number of nitrogens with one attached hydrogen (secondary N) is 1. The second kappa shape index (κ2) is 9.12. The molecule has 0 atom stereocenters. The summed E-state index contributed by atoms with van der Waals surface area (Å²) in [4.78, 5) is 18.6. The molecule has 33 heavy (non-hydrogen) atoms. The maximum atomic E-state index is 12.9. The number of carbonyl (C=O) groups is 1. The van der Waals surface area contributed by atoms with Gasteiger partial charge in [0.25, 0.3) is 0 Å². The van der Waals surface area contributed by atoms with Crippen molar-refractivity contribution in [1.82, 2.24) is 14.2 Å². The lowest BCUT2D eigenvalue weighted by Crippen LogP contribution is -2.36. The molecule has 3 heterocycles. The van der Waals surface area contributed by atoms with Crippen LogP contribution < -0.4 is 0 Å². The number of fused-ring (bicyclic) bond motifs is 3. The van der Waals surface area contributed by atoms with E-state index in [1.165, 1.54) is 5.69 Å². The molecule has 2 aromatic carbocycles. The fourth-order valence-electron chi connectivity index (χ4n) is 4.89. The third kappa shape index (κ3) is 4.54. The van der Waals surface area contributed by atoms with Crippen molar-refractivity contribution < 1.29 is 13.2 Å². The summed E-state index contributed by atoms with van der Waals surface area (Å²) < 4.78 is 27.2. The number of amides is 1. The van der Waals surface area contributed by atoms with Crippen molar-refractivity contribution in [2.24, 2.45) is 0 Å². The number of piperidine rings is 1. The average Bonchev–Trinajstić information content (AvgIpc) is 3.20. The van der Waals surface area contributed by atoms with E-state index in [0.717, 1.165) is 47.7 Å². The van der Waals surface area contributed by atoms with Gasteiger partial charge in [0.2, 0.25) is 15.9 Å². The maximum Gasteiger partial charge on any atom is 0.243 e. The van der Waals surface area contributed by atoms with Crippen LogP contribution in [-0.4, -0.2) is 48.1 Å². The number of aryl methyl sites for hydroxylation is 1. The van der Waals surface area contributed by atoms with Gasteiger partial charge in [0.1, 0.15) is 0 Å². The first-order chi connectivity index (χ1) is 15.9. The average molecular weight is 486 g/mol. The molecular formula is C25H28ClN3O3S. The molecule has 6 nitrogen and oxygen atoms in total. The van der Waals surface area contributed by atoms with Crippen molar-refractivity contribution in [3.63, 3.8) is 0 Å². The van der Waals surface area contributed by atoms with E-state index in [0.29, 0.717) is 48.9 Å². The van der Waals surface area contributed by atoms with Crippen LogP contribution >= 0.6 is 11.6 Å². The molecule has 5 rings (SSSR count). The smallest absolute Gasteiger partial charge is 0.243 e. The SMILES string of the molecule is O=C(CCc1ccc(S(=O)(=O)N2CCCCC2)cc1)N1CCc2[nH]c3ccc(Cl)cc3c2C1. The molecule has 0 aliphatic carbocycles. The van der Waals surface area contributed by atoms with Crippen LogP contribution in [-0.2, 0) is 34.2 Å². The Morgan fingerprint density at radius 3 is 2.52 bits per heavy atom. The Labute approximate surface area is 199 Å². The summed E-state index contributed by atoms with van der Waals surface area (Å²) in [6, 6.07) is 12.8. The van der Waals surface area contributed by atoms with Crippen LogP contribution in [0.25, 0.3) is 10.9 Å². The molecule has 1 aromatic heterocycles. The highest BCUT2D eigenvalue weighted by Gasteiger charge is 2.26. The molecule has 2 aliphatic heterocycles. The first-order valence-corrected chi connectivity index (χ1v) is 13.4. The number of sulfonamides is 1. The second-order valence-corrected chi connectivity index (χ2v) is 11.3. The molecule has 1 N–H and O–H groups in total. The molecule has 0 radical (unpaired) electrons. The Bertz CT molecular complexity index is 1280. The fraction of sp³-hybridized carbons (Fsp3) is 0.400. The van der Waals surface area contributed by atoms with Crippen LogP contribution in [0.5, 0.6) is 0 Å². The van der Waals surface area contributed by atoms with E-state index >= 15 is 0 Å². The summed E-state index contributed by atoms with van der Waals surface area (Å²) in [5.74, 6) is 0.113. The number of rotatable bonds is 5. The number of aromatic nitrogens is 1. The summed E-state index contributed by atoms with van der Waals surface area (Å²) in [5.41, 5.74) is 4.36. The first-order valence-electron chi connectivity index (χ1n) is 11.6. The van der Waals surface area contributed by atoms with Crippen molar-refractivity contribution >= 4 is 38.4 Å². The van der Waals surface area contributed by atoms with Crippen molar-refractivity contribution in [3.8, 4) is 0 Å². The van der Waals surface area contributed by atoms with Gasteiger partial charge in [-0.1, -0.05) is 30.2 Å². The summed E-state index contributed by atoms with van der Waals surface area (Å²) >= 11 is 6.18. The van der Waals surface area contributed by atoms with Crippen LogP contribution in [0.3, 0.4) is 0 Å². The van der Waals surface area contributed by atoms with E-state index < -0.39 is 10.0 Å². The van der Waals surface area contributed by atoms with Crippen LogP contribution in [0.1, 0.15) is 42.5 Å². The van der Waals surface area contributed by atoms with Gasteiger partial charge in [0, 0.05) is 66.2 Å². The lowest BCUT2D eigenvalue weighted by Gasteiger charge is -2.27. The molecule has 1 saturated heterocycles. The number of carbonyl (C=O) groups excluding carboxylic acids is 1. The fourth-order valence-corrected chi connectivity index (χ4v) is 6.58. The predicted octanol–water partition coefficient (Wildman–Crippen LogP) is 4.51. The largest absolute Gasteiger partial charge is 0.358 e. The van der Waals surface area contributed by atoms with Crippen molar-refractivity contribution in [1.29, 1.82) is 0 Å². The molecule has 1 amide bonds. The van der Waals surface area contributed by atoms with E-state index in [1.54, 1.807) is 16.4 Å². The number of halogens is 1. The van der Waals surface area contributed by atoms with Crippen LogP contribution in [0, 0.1) is 0 Å². The van der Waals surface area contributed by atoms with Gasteiger partial charge in [-0.25, -0.2) is 8.42 Å². The standard InChI is InChI=1S/C25H28ClN3O3S/c26-19-7-10-23-21(16-19)22-17-28(15-12-24(22)27-23)25(30)11-6-18-4-8-20(9-5-18)33(31,32)29-13-2-1-3-14-29/h4-5,7-10,16,27H,1-3,6,11-15,17H2. The second-order valence-electron chi connectivity index (χ2n) is 8.95. The molecule has 0 saturated carbocycles. The Morgan fingerprint density at radius 2 is 1.76 bits per heavy atom. The molecule has 8 heteroatoms. The van der Waals surface area contributed by atoms with Crippen LogP contribution in [0.4, 0.5) is 0 Å². The van der Waals surface area contributed by atoms with E-state index in [4.69, 9.17) is 11.6 Å². The van der Waals surface area contributed by atoms with Gasteiger partial charge in [-0.3, -0.25) is 4.79 Å². The van der Waals surface area contributed by atoms with Gasteiger partial charge in [0.05, 0.1) is 4.90 Å². The molecule has 0 bridgehead atoms. The number of H-pyrrole nitrogens is 1. The van der Waals surface area contributed by atoms with Crippen LogP contribution in [0.15, 0.2) is 47.4 Å².